The maximum Gasteiger partial charge on any atom is 0.107 e. The van der Waals surface area contributed by atoms with Crippen molar-refractivity contribution in [2.45, 2.75) is 38.4 Å². The standard InChI is InChI=1S/C16H23N5S/c1-20-12-18-9-13(20)10-21(11-15-19-6-7-22-15)14-8-16(14)2-4-17-5-3-16/h6-7,9,12,14,17H,2-5,8,10-11H2,1H3. The lowest BCUT2D eigenvalue weighted by atomic mass is 9.93. The summed E-state index contributed by atoms with van der Waals surface area (Å²) in [6.45, 7) is 4.28. The Hall–Kier alpha value is -1.24. The van der Waals surface area contributed by atoms with Gasteiger partial charge in [0.2, 0.25) is 0 Å². The normalized spacial score (nSPS) is 23.3. The molecule has 1 unspecified atom stereocenters. The summed E-state index contributed by atoms with van der Waals surface area (Å²) in [5.74, 6) is 0. The highest BCUT2D eigenvalue weighted by atomic mass is 32.1. The molecule has 1 aliphatic carbocycles. The van der Waals surface area contributed by atoms with E-state index in [0.29, 0.717) is 11.5 Å². The predicted octanol–water partition coefficient (Wildman–Crippen LogP) is 2.02. The number of hydrogen-bond donors (Lipinski definition) is 1. The second kappa shape index (κ2) is 5.76. The molecule has 4 rings (SSSR count). The lowest BCUT2D eigenvalue weighted by Crippen LogP contribution is -2.36. The quantitative estimate of drug-likeness (QED) is 0.916. The summed E-state index contributed by atoms with van der Waals surface area (Å²) in [5, 5.41) is 6.79. The molecule has 2 aromatic heterocycles. The van der Waals surface area contributed by atoms with Gasteiger partial charge in [0.25, 0.3) is 0 Å². The molecule has 2 aliphatic rings. The third-order valence-electron chi connectivity index (χ3n) is 5.29. The molecule has 2 aromatic rings. The van der Waals surface area contributed by atoms with Crippen molar-refractivity contribution < 1.29 is 0 Å². The van der Waals surface area contributed by atoms with E-state index in [1.165, 1.54) is 43.1 Å². The predicted molar refractivity (Wildman–Crippen MR) is 87.5 cm³/mol. The van der Waals surface area contributed by atoms with Gasteiger partial charge in [-0.1, -0.05) is 0 Å². The van der Waals surface area contributed by atoms with Crippen LogP contribution in [0.2, 0.25) is 0 Å². The van der Waals surface area contributed by atoms with E-state index in [9.17, 15) is 0 Å². The SMILES string of the molecule is Cn1cncc1CN(Cc1nccs1)C1CC12CCNCC2. The Labute approximate surface area is 135 Å². The average molecular weight is 317 g/mol. The van der Waals surface area contributed by atoms with Crippen LogP contribution in [0.3, 0.4) is 0 Å². The fourth-order valence-corrected chi connectivity index (χ4v) is 4.47. The fourth-order valence-electron chi connectivity index (χ4n) is 3.83. The van der Waals surface area contributed by atoms with E-state index in [1.54, 1.807) is 11.3 Å². The van der Waals surface area contributed by atoms with Gasteiger partial charge in [0.05, 0.1) is 18.6 Å². The number of aromatic nitrogens is 3. The molecule has 0 bridgehead atoms. The number of piperidine rings is 1. The number of hydrogen-bond acceptors (Lipinski definition) is 5. The Bertz CT molecular complexity index is 614. The molecule has 1 saturated heterocycles. The Balaban J connectivity index is 1.52. The first-order valence-electron chi connectivity index (χ1n) is 8.05. The van der Waals surface area contributed by atoms with Crippen molar-refractivity contribution in [3.63, 3.8) is 0 Å². The van der Waals surface area contributed by atoms with Crippen LogP contribution in [0.25, 0.3) is 0 Å². The number of rotatable bonds is 5. The molecule has 118 valence electrons. The number of thiazole rings is 1. The van der Waals surface area contributed by atoms with Crippen LogP contribution in [-0.2, 0) is 20.1 Å². The lowest BCUT2D eigenvalue weighted by Gasteiger charge is -2.29. The van der Waals surface area contributed by atoms with Crippen molar-refractivity contribution in [2.75, 3.05) is 13.1 Å². The van der Waals surface area contributed by atoms with Gasteiger partial charge in [-0.15, -0.1) is 11.3 Å². The van der Waals surface area contributed by atoms with Crippen LogP contribution >= 0.6 is 11.3 Å². The first kappa shape index (κ1) is 14.4. The first-order valence-corrected chi connectivity index (χ1v) is 8.93. The minimum Gasteiger partial charge on any atom is -0.337 e. The van der Waals surface area contributed by atoms with E-state index in [1.807, 2.05) is 18.7 Å². The van der Waals surface area contributed by atoms with Crippen LogP contribution in [0.15, 0.2) is 24.1 Å². The third kappa shape index (κ3) is 2.71. The van der Waals surface area contributed by atoms with Gasteiger partial charge >= 0.3 is 0 Å². The molecule has 6 heteroatoms. The van der Waals surface area contributed by atoms with Gasteiger partial charge in [0, 0.05) is 37.4 Å². The Kier molecular flexibility index (Phi) is 3.76. The molecule has 5 nitrogen and oxygen atoms in total. The number of nitrogens with zero attached hydrogens (tertiary/aromatic N) is 4. The summed E-state index contributed by atoms with van der Waals surface area (Å²) >= 11 is 1.76. The van der Waals surface area contributed by atoms with Crippen molar-refractivity contribution >= 4 is 11.3 Å². The molecule has 3 heterocycles. The second-order valence-electron chi connectivity index (χ2n) is 6.66. The molecule has 0 aromatic carbocycles. The Morgan fingerprint density at radius 1 is 1.41 bits per heavy atom. The van der Waals surface area contributed by atoms with E-state index in [4.69, 9.17) is 0 Å². The molecule has 22 heavy (non-hydrogen) atoms. The highest BCUT2D eigenvalue weighted by molar-refractivity contribution is 7.09. The largest absolute Gasteiger partial charge is 0.337 e. The zero-order chi connectivity index (χ0) is 15.0. The van der Waals surface area contributed by atoms with Crippen molar-refractivity contribution in [3.05, 3.63) is 34.8 Å². The maximum atomic E-state index is 4.49. The molecule has 1 N–H and O–H groups in total. The lowest BCUT2D eigenvalue weighted by molar-refractivity contribution is 0.184. The average Bonchev–Trinajstić information content (AvgIpc) is 2.90. The molecule has 1 aliphatic heterocycles. The van der Waals surface area contributed by atoms with Crippen molar-refractivity contribution in [1.29, 1.82) is 0 Å². The highest BCUT2D eigenvalue weighted by Crippen LogP contribution is 2.56. The van der Waals surface area contributed by atoms with E-state index in [2.05, 4.69) is 37.2 Å². The Morgan fingerprint density at radius 2 is 2.27 bits per heavy atom. The summed E-state index contributed by atoms with van der Waals surface area (Å²) in [6, 6.07) is 0.702. The minimum atomic E-state index is 0.557. The number of aryl methyl sites for hydroxylation is 1. The molecule has 1 atom stereocenters. The maximum absolute atomic E-state index is 4.49. The monoisotopic (exact) mass is 317 g/mol. The van der Waals surface area contributed by atoms with Crippen LogP contribution in [-0.4, -0.2) is 38.6 Å². The van der Waals surface area contributed by atoms with Gasteiger partial charge in [-0.2, -0.15) is 0 Å². The smallest absolute Gasteiger partial charge is 0.107 e. The van der Waals surface area contributed by atoms with Crippen LogP contribution in [0.5, 0.6) is 0 Å². The number of nitrogens with one attached hydrogen (secondary N) is 1. The first-order chi connectivity index (χ1) is 10.8. The van der Waals surface area contributed by atoms with E-state index < -0.39 is 0 Å². The molecular formula is C16H23N5S. The molecule has 2 fully saturated rings. The summed E-state index contributed by atoms with van der Waals surface area (Å²) in [4.78, 5) is 11.4. The van der Waals surface area contributed by atoms with Gasteiger partial charge in [0.15, 0.2) is 0 Å². The van der Waals surface area contributed by atoms with Crippen LogP contribution in [0, 0.1) is 5.41 Å². The summed E-state index contributed by atoms with van der Waals surface area (Å²) in [6.07, 6.45) is 9.78. The molecule has 1 spiro atoms. The van der Waals surface area contributed by atoms with E-state index >= 15 is 0 Å². The molecule has 0 amide bonds. The second-order valence-corrected chi connectivity index (χ2v) is 7.64. The Morgan fingerprint density at radius 3 is 2.95 bits per heavy atom. The van der Waals surface area contributed by atoms with Crippen LogP contribution in [0.4, 0.5) is 0 Å². The zero-order valence-corrected chi connectivity index (χ0v) is 13.9. The van der Waals surface area contributed by atoms with Gasteiger partial charge in [-0.3, -0.25) is 4.90 Å². The van der Waals surface area contributed by atoms with Gasteiger partial charge in [0.1, 0.15) is 5.01 Å². The van der Waals surface area contributed by atoms with Crippen LogP contribution in [0.1, 0.15) is 30.0 Å². The van der Waals surface area contributed by atoms with Crippen molar-refractivity contribution in [3.8, 4) is 0 Å². The third-order valence-corrected chi connectivity index (χ3v) is 6.05. The summed E-state index contributed by atoms with van der Waals surface area (Å²) in [7, 11) is 2.08. The number of imidazole rings is 1. The van der Waals surface area contributed by atoms with E-state index in [-0.39, 0.29) is 0 Å². The molecular weight excluding hydrogens is 294 g/mol. The van der Waals surface area contributed by atoms with E-state index in [0.717, 1.165) is 13.1 Å². The van der Waals surface area contributed by atoms with Crippen molar-refractivity contribution in [1.82, 2.24) is 24.8 Å². The summed E-state index contributed by atoms with van der Waals surface area (Å²) in [5.41, 5.74) is 1.84. The summed E-state index contributed by atoms with van der Waals surface area (Å²) < 4.78 is 2.13. The topological polar surface area (TPSA) is 46.0 Å². The van der Waals surface area contributed by atoms with Gasteiger partial charge in [-0.05, 0) is 37.8 Å². The van der Waals surface area contributed by atoms with Gasteiger partial charge < -0.3 is 9.88 Å². The minimum absolute atomic E-state index is 0.557. The van der Waals surface area contributed by atoms with Gasteiger partial charge in [-0.25, -0.2) is 9.97 Å². The highest BCUT2D eigenvalue weighted by Gasteiger charge is 2.56. The van der Waals surface area contributed by atoms with Crippen molar-refractivity contribution in [2.24, 2.45) is 12.5 Å². The fraction of sp³-hybridized carbons (Fsp3) is 0.625. The zero-order valence-electron chi connectivity index (χ0n) is 13.0. The molecule has 1 saturated carbocycles. The molecule has 0 radical (unpaired) electrons. The van der Waals surface area contributed by atoms with Crippen LogP contribution < -0.4 is 5.32 Å².